The second kappa shape index (κ2) is 49.0. The van der Waals surface area contributed by atoms with E-state index in [9.17, 15) is 39.0 Å². The fraction of sp³-hybridized carbons (Fsp3) is 0.839. The molecule has 4 atom stereocenters. The lowest BCUT2D eigenvalue weighted by Gasteiger charge is -2.30. The maximum Gasteiger partial charge on any atom is 0.362 e. The van der Waals surface area contributed by atoms with Gasteiger partial charge in [0.25, 0.3) is 0 Å². The van der Waals surface area contributed by atoms with E-state index in [1.807, 2.05) is 40.3 Å². The minimum absolute atomic E-state index is 0.133. The number of esters is 4. The molecular weight excluding hydrogens is 993 g/mol. The van der Waals surface area contributed by atoms with Crippen LogP contribution in [0.4, 0.5) is 0 Å². The topological polar surface area (TPSA) is 204 Å². The van der Waals surface area contributed by atoms with Crippen LogP contribution in [0, 0.1) is 0 Å². The molecule has 0 saturated carbocycles. The number of allylic oxidation sites excluding steroid dienone is 2. The Morgan fingerprint density at radius 2 is 0.782 bits per heavy atom. The average molecular weight is 1110 g/mol. The lowest BCUT2D eigenvalue weighted by molar-refractivity contribution is -0.883. The van der Waals surface area contributed by atoms with Gasteiger partial charge in [-0.15, -0.1) is 0 Å². The Balaban J connectivity index is 3.90. The van der Waals surface area contributed by atoms with Crippen LogP contribution in [-0.4, -0.2) is 160 Å². The zero-order valence-corrected chi connectivity index (χ0v) is 50.8. The Kier molecular flexibility index (Phi) is 46.6. The van der Waals surface area contributed by atoms with E-state index in [2.05, 4.69) is 36.6 Å². The SMILES string of the molecule is CCCCCC(OC(=O)C[N+](C)(C)CCOC(C)=O)C(O)CC=CCCCCCCCC(=O)NCCCCCCCCCCNC(=O)CCCCCCCC=CCC(O)C(CCCCC)OC(=O)C[N+](C)(C)CCOC(C)=O. The minimum Gasteiger partial charge on any atom is -0.460 e. The van der Waals surface area contributed by atoms with Gasteiger partial charge in [-0.3, -0.25) is 19.2 Å². The van der Waals surface area contributed by atoms with Crippen LogP contribution in [0.25, 0.3) is 0 Å². The highest BCUT2D eigenvalue weighted by Crippen LogP contribution is 2.18. The molecule has 0 aliphatic carbocycles. The molecule has 0 aromatic rings. The molecule has 0 heterocycles. The average Bonchev–Trinajstić information content (AvgIpc) is 3.36. The number of likely N-dealkylation sites (N-methyl/N-ethyl adjacent to an activating group) is 2. The van der Waals surface area contributed by atoms with Crippen LogP contribution in [-0.2, 0) is 47.7 Å². The molecule has 2 amide bonds. The molecule has 0 aromatic heterocycles. The van der Waals surface area contributed by atoms with Gasteiger partial charge < -0.3 is 48.8 Å². The number of carbonyl (C=O) groups excluding carboxylic acids is 6. The quantitative estimate of drug-likeness (QED) is 0.0148. The van der Waals surface area contributed by atoms with Crippen LogP contribution in [0.15, 0.2) is 24.3 Å². The van der Waals surface area contributed by atoms with Crippen molar-refractivity contribution >= 4 is 35.7 Å². The summed E-state index contributed by atoms with van der Waals surface area (Å²) in [6.07, 6.45) is 36.0. The number of ether oxygens (including phenoxy) is 4. The normalized spacial score (nSPS) is 13.5. The first-order chi connectivity index (χ1) is 37.3. The molecule has 0 aliphatic rings. The zero-order valence-electron chi connectivity index (χ0n) is 50.8. The number of quaternary nitrogens is 2. The van der Waals surface area contributed by atoms with E-state index in [-0.39, 0.29) is 62.0 Å². The van der Waals surface area contributed by atoms with Crippen LogP contribution in [0.3, 0.4) is 0 Å². The fourth-order valence-corrected chi connectivity index (χ4v) is 9.10. The molecule has 0 spiro atoms. The van der Waals surface area contributed by atoms with Crippen LogP contribution in [0.1, 0.15) is 233 Å². The van der Waals surface area contributed by atoms with Crippen molar-refractivity contribution in [3.05, 3.63) is 24.3 Å². The standard InChI is InChI=1S/C62H114N4O12/c1-9-11-31-41-57(77-61(73)51-65(5,6)47-49-75-53(3)67)55(69)39-33-25-19-13-15-21-27-35-43-59(71)63-45-37-29-23-17-18-24-30-38-46-64-60(72)44-36-28-22-16-14-20-26-34-40-56(70)58(42-32-12-10-2)78-62(74)52-66(7,8)48-50-76-54(4)68/h25-26,33-34,55-58,69-70H,9-24,27-32,35-52H2,1-8H3/p+2. The second-order valence-electron chi connectivity index (χ2n) is 23.1. The summed E-state index contributed by atoms with van der Waals surface area (Å²) in [6, 6.07) is 0. The third-order valence-corrected chi connectivity index (χ3v) is 14.1. The van der Waals surface area contributed by atoms with E-state index in [4.69, 9.17) is 18.9 Å². The molecule has 4 N–H and O–H groups in total. The summed E-state index contributed by atoms with van der Waals surface area (Å²) in [4.78, 5) is 72.4. The van der Waals surface area contributed by atoms with Gasteiger partial charge in [-0.1, -0.05) is 141 Å². The lowest BCUT2D eigenvalue weighted by atomic mass is 10.0. The molecule has 0 bridgehead atoms. The molecule has 78 heavy (non-hydrogen) atoms. The van der Waals surface area contributed by atoms with Gasteiger partial charge in [0.1, 0.15) is 38.5 Å². The van der Waals surface area contributed by atoms with E-state index >= 15 is 0 Å². The number of unbranched alkanes of at least 4 members (excludes halogenated alkanes) is 21. The number of hydrogen-bond acceptors (Lipinski definition) is 12. The number of carbonyl (C=O) groups is 6. The first kappa shape index (κ1) is 74.1. The highest BCUT2D eigenvalue weighted by atomic mass is 16.6. The Hall–Kier alpha value is -3.86. The van der Waals surface area contributed by atoms with Gasteiger partial charge in [-0.25, -0.2) is 9.59 Å². The van der Waals surface area contributed by atoms with Crippen molar-refractivity contribution in [1.29, 1.82) is 0 Å². The molecule has 16 heteroatoms. The molecule has 16 nitrogen and oxygen atoms in total. The molecule has 0 fully saturated rings. The van der Waals surface area contributed by atoms with E-state index < -0.39 is 24.4 Å². The third-order valence-electron chi connectivity index (χ3n) is 14.1. The maximum absolute atomic E-state index is 12.8. The van der Waals surface area contributed by atoms with E-state index in [0.717, 1.165) is 154 Å². The molecular formula is C62H116N4O12+2. The predicted octanol–water partition coefficient (Wildman–Crippen LogP) is 10.7. The summed E-state index contributed by atoms with van der Waals surface area (Å²) < 4.78 is 22.3. The molecule has 0 radical (unpaired) electrons. The van der Waals surface area contributed by atoms with Gasteiger partial charge in [-0.2, -0.15) is 0 Å². The first-order valence-corrected chi connectivity index (χ1v) is 30.8. The van der Waals surface area contributed by atoms with Crippen LogP contribution < -0.4 is 10.6 Å². The number of hydrogen-bond donors (Lipinski definition) is 4. The van der Waals surface area contributed by atoms with Gasteiger partial charge in [-0.05, 0) is 89.9 Å². The minimum atomic E-state index is -0.759. The van der Waals surface area contributed by atoms with Crippen molar-refractivity contribution in [2.45, 2.75) is 258 Å². The molecule has 0 aromatic carbocycles. The van der Waals surface area contributed by atoms with E-state index in [0.29, 0.717) is 60.6 Å². The number of nitrogens with one attached hydrogen (secondary N) is 2. The molecule has 454 valence electrons. The Morgan fingerprint density at radius 1 is 0.449 bits per heavy atom. The van der Waals surface area contributed by atoms with Crippen molar-refractivity contribution in [3.8, 4) is 0 Å². The smallest absolute Gasteiger partial charge is 0.362 e. The van der Waals surface area contributed by atoms with Gasteiger partial charge in [0, 0.05) is 39.8 Å². The fourth-order valence-electron chi connectivity index (χ4n) is 9.10. The number of aliphatic hydroxyl groups excluding tert-OH is 2. The number of amides is 2. The maximum atomic E-state index is 12.8. The monoisotopic (exact) mass is 1110 g/mol. The summed E-state index contributed by atoms with van der Waals surface area (Å²) in [7, 11) is 7.56. The highest BCUT2D eigenvalue weighted by Gasteiger charge is 2.29. The third kappa shape index (κ3) is 48.1. The second-order valence-corrected chi connectivity index (χ2v) is 23.1. The number of nitrogens with zero attached hydrogens (tertiary/aromatic N) is 2. The summed E-state index contributed by atoms with van der Waals surface area (Å²) in [5, 5.41) is 28.0. The van der Waals surface area contributed by atoms with Crippen molar-refractivity contribution < 1.29 is 66.9 Å². The number of rotatable bonds is 53. The first-order valence-electron chi connectivity index (χ1n) is 30.8. The predicted molar refractivity (Wildman–Crippen MR) is 312 cm³/mol. The largest absolute Gasteiger partial charge is 0.460 e. The van der Waals surface area contributed by atoms with Crippen molar-refractivity contribution in [1.82, 2.24) is 10.6 Å². The summed E-state index contributed by atoms with van der Waals surface area (Å²) in [5.41, 5.74) is 0. The van der Waals surface area contributed by atoms with Crippen LogP contribution >= 0.6 is 0 Å². The Morgan fingerprint density at radius 3 is 1.13 bits per heavy atom. The summed E-state index contributed by atoms with van der Waals surface area (Å²) >= 11 is 0. The zero-order chi connectivity index (χ0) is 58.1. The van der Waals surface area contributed by atoms with Gasteiger partial charge in [0.05, 0.1) is 40.4 Å². The number of aliphatic hydroxyl groups is 2. The summed E-state index contributed by atoms with van der Waals surface area (Å²) in [5.74, 6) is -1.11. The van der Waals surface area contributed by atoms with Crippen molar-refractivity contribution in [2.24, 2.45) is 0 Å². The molecule has 0 rings (SSSR count). The molecule has 0 aliphatic heterocycles. The Bertz CT molecular complexity index is 1510. The lowest BCUT2D eigenvalue weighted by Crippen LogP contribution is -2.47. The van der Waals surface area contributed by atoms with Gasteiger partial charge in [0.2, 0.25) is 11.8 Å². The molecule has 0 saturated heterocycles. The van der Waals surface area contributed by atoms with E-state index in [1.165, 1.54) is 39.5 Å². The molecule has 4 unspecified atom stereocenters. The Labute approximate surface area is 474 Å². The van der Waals surface area contributed by atoms with Crippen LogP contribution in [0.5, 0.6) is 0 Å². The van der Waals surface area contributed by atoms with Crippen molar-refractivity contribution in [2.75, 3.05) is 80.7 Å². The summed E-state index contributed by atoms with van der Waals surface area (Å²) in [6.45, 7) is 10.2. The van der Waals surface area contributed by atoms with Crippen LogP contribution in [0.2, 0.25) is 0 Å². The van der Waals surface area contributed by atoms with Crippen molar-refractivity contribution in [3.63, 3.8) is 0 Å². The highest BCUT2D eigenvalue weighted by molar-refractivity contribution is 5.76. The van der Waals surface area contributed by atoms with E-state index in [1.54, 1.807) is 0 Å². The van der Waals surface area contributed by atoms with Gasteiger partial charge in [0.15, 0.2) is 13.1 Å². The van der Waals surface area contributed by atoms with Gasteiger partial charge >= 0.3 is 23.9 Å².